The number of anilines is 1. The number of furan rings is 1. The molecule has 1 aromatic carbocycles. The predicted octanol–water partition coefficient (Wildman–Crippen LogP) is 2.86. The van der Waals surface area contributed by atoms with E-state index in [2.05, 4.69) is 20.4 Å². The lowest BCUT2D eigenvalue weighted by Gasteiger charge is -2.25. The van der Waals surface area contributed by atoms with Crippen LogP contribution < -0.4 is 5.32 Å². The maximum atomic E-state index is 13.0. The van der Waals surface area contributed by atoms with E-state index in [1.165, 1.54) is 18.0 Å². The molecule has 0 saturated carbocycles. The minimum atomic E-state index is -0.571. The number of rotatable bonds is 7. The SMILES string of the molecule is COC(=O)c1cn(-c2cccc(NC(=O)N(Cc3ccco3)C[C@@H]3CCCO3)c2)nn1. The smallest absolute Gasteiger partial charge is 0.360 e. The van der Waals surface area contributed by atoms with Gasteiger partial charge in [-0.05, 0) is 43.2 Å². The minimum Gasteiger partial charge on any atom is -0.467 e. The molecule has 4 rings (SSSR count). The van der Waals surface area contributed by atoms with Crippen molar-refractivity contribution < 1.29 is 23.5 Å². The van der Waals surface area contributed by atoms with E-state index < -0.39 is 5.97 Å². The number of hydrogen-bond donors (Lipinski definition) is 1. The summed E-state index contributed by atoms with van der Waals surface area (Å²) in [4.78, 5) is 26.3. The van der Waals surface area contributed by atoms with Crippen molar-refractivity contribution in [3.8, 4) is 5.69 Å². The topological polar surface area (TPSA) is 112 Å². The van der Waals surface area contributed by atoms with Crippen molar-refractivity contribution in [1.29, 1.82) is 0 Å². The molecular formula is C21H23N5O5. The number of benzene rings is 1. The first-order valence-corrected chi connectivity index (χ1v) is 9.93. The van der Waals surface area contributed by atoms with Crippen LogP contribution in [0.3, 0.4) is 0 Å². The van der Waals surface area contributed by atoms with Gasteiger partial charge in [-0.25, -0.2) is 14.3 Å². The van der Waals surface area contributed by atoms with E-state index in [9.17, 15) is 9.59 Å². The Bertz CT molecular complexity index is 1030. The molecule has 0 radical (unpaired) electrons. The molecule has 1 aliphatic rings. The molecule has 1 N–H and O–H groups in total. The average Bonchev–Trinajstić information content (AvgIpc) is 3.55. The average molecular weight is 425 g/mol. The van der Waals surface area contributed by atoms with Crippen molar-refractivity contribution in [1.82, 2.24) is 19.9 Å². The molecule has 0 aliphatic carbocycles. The Morgan fingerprint density at radius 2 is 2.23 bits per heavy atom. The number of urea groups is 1. The molecular weight excluding hydrogens is 402 g/mol. The maximum absolute atomic E-state index is 13.0. The van der Waals surface area contributed by atoms with E-state index in [1.807, 2.05) is 6.07 Å². The van der Waals surface area contributed by atoms with Crippen LogP contribution in [-0.2, 0) is 16.0 Å². The van der Waals surface area contributed by atoms with Crippen molar-refractivity contribution >= 4 is 17.7 Å². The first-order valence-electron chi connectivity index (χ1n) is 9.93. The molecule has 1 fully saturated rings. The Balaban J connectivity index is 1.48. The van der Waals surface area contributed by atoms with Gasteiger partial charge >= 0.3 is 12.0 Å². The van der Waals surface area contributed by atoms with Gasteiger partial charge in [0.1, 0.15) is 5.76 Å². The molecule has 3 heterocycles. The quantitative estimate of drug-likeness (QED) is 0.579. The summed E-state index contributed by atoms with van der Waals surface area (Å²) >= 11 is 0. The summed E-state index contributed by atoms with van der Waals surface area (Å²) < 4.78 is 17.2. The Hall–Kier alpha value is -3.66. The van der Waals surface area contributed by atoms with Crippen LogP contribution in [0.1, 0.15) is 29.1 Å². The maximum Gasteiger partial charge on any atom is 0.360 e. The number of amides is 2. The second kappa shape index (κ2) is 9.43. The molecule has 31 heavy (non-hydrogen) atoms. The van der Waals surface area contributed by atoms with Crippen LogP contribution in [0.2, 0.25) is 0 Å². The zero-order valence-electron chi connectivity index (χ0n) is 17.1. The number of carbonyl (C=O) groups is 2. The van der Waals surface area contributed by atoms with Gasteiger partial charge in [-0.15, -0.1) is 5.10 Å². The minimum absolute atomic E-state index is 0.0129. The Kier molecular flexibility index (Phi) is 6.27. The van der Waals surface area contributed by atoms with E-state index in [-0.39, 0.29) is 17.8 Å². The molecule has 10 heteroatoms. The van der Waals surface area contributed by atoms with Gasteiger partial charge in [0.15, 0.2) is 5.69 Å². The van der Waals surface area contributed by atoms with Gasteiger partial charge in [-0.3, -0.25) is 0 Å². The lowest BCUT2D eigenvalue weighted by Crippen LogP contribution is -2.39. The molecule has 0 bridgehead atoms. The third-order valence-electron chi connectivity index (χ3n) is 4.91. The van der Waals surface area contributed by atoms with E-state index in [4.69, 9.17) is 9.15 Å². The molecule has 10 nitrogen and oxygen atoms in total. The number of hydrogen-bond acceptors (Lipinski definition) is 7. The van der Waals surface area contributed by atoms with Gasteiger partial charge in [0.25, 0.3) is 0 Å². The number of methoxy groups -OCH3 is 1. The van der Waals surface area contributed by atoms with Crippen LogP contribution in [0.15, 0.2) is 53.3 Å². The fraction of sp³-hybridized carbons (Fsp3) is 0.333. The molecule has 0 spiro atoms. The fourth-order valence-corrected chi connectivity index (χ4v) is 3.36. The number of nitrogens with one attached hydrogen (secondary N) is 1. The normalized spacial score (nSPS) is 15.6. The van der Waals surface area contributed by atoms with Crippen molar-refractivity contribution in [2.45, 2.75) is 25.5 Å². The van der Waals surface area contributed by atoms with Crippen LogP contribution in [0, 0.1) is 0 Å². The van der Waals surface area contributed by atoms with Crippen molar-refractivity contribution in [3.05, 3.63) is 60.3 Å². The van der Waals surface area contributed by atoms with E-state index in [0.29, 0.717) is 36.8 Å². The molecule has 2 amide bonds. The molecule has 1 saturated heterocycles. The third kappa shape index (κ3) is 5.10. The van der Waals surface area contributed by atoms with Gasteiger partial charge in [0, 0.05) is 18.8 Å². The van der Waals surface area contributed by atoms with Gasteiger partial charge in [0.2, 0.25) is 0 Å². The van der Waals surface area contributed by atoms with Crippen molar-refractivity contribution in [2.75, 3.05) is 25.6 Å². The van der Waals surface area contributed by atoms with E-state index >= 15 is 0 Å². The highest BCUT2D eigenvalue weighted by Crippen LogP contribution is 2.18. The zero-order valence-corrected chi connectivity index (χ0v) is 17.1. The number of nitrogens with zero attached hydrogens (tertiary/aromatic N) is 4. The highest BCUT2D eigenvalue weighted by atomic mass is 16.5. The lowest BCUT2D eigenvalue weighted by molar-refractivity contribution is 0.0594. The predicted molar refractivity (Wildman–Crippen MR) is 110 cm³/mol. The Morgan fingerprint density at radius 1 is 1.32 bits per heavy atom. The molecule has 1 atom stereocenters. The van der Waals surface area contributed by atoms with Crippen molar-refractivity contribution in [3.63, 3.8) is 0 Å². The summed E-state index contributed by atoms with van der Waals surface area (Å²) in [5.74, 6) is 0.123. The molecule has 0 unspecified atom stereocenters. The standard InChI is InChI=1S/C21H23N5O5/c1-29-20(27)19-14-26(24-23-19)16-6-2-5-15(11-16)22-21(28)25(12-17-7-3-9-30-17)13-18-8-4-10-31-18/h2-3,5-7,9,11,14,18H,4,8,10,12-13H2,1H3,(H,22,28)/t18-/m0/s1. The summed E-state index contributed by atoms with van der Waals surface area (Å²) in [5, 5.41) is 10.7. The monoisotopic (exact) mass is 425 g/mol. The molecule has 3 aromatic rings. The van der Waals surface area contributed by atoms with E-state index in [0.717, 1.165) is 12.8 Å². The van der Waals surface area contributed by atoms with Crippen molar-refractivity contribution in [2.24, 2.45) is 0 Å². The van der Waals surface area contributed by atoms with Gasteiger partial charge in [-0.1, -0.05) is 11.3 Å². The molecule has 162 valence electrons. The molecule has 1 aliphatic heterocycles. The van der Waals surface area contributed by atoms with Crippen LogP contribution in [0.5, 0.6) is 0 Å². The molecule has 2 aromatic heterocycles. The first kappa shape index (κ1) is 20.6. The van der Waals surface area contributed by atoms with E-state index in [1.54, 1.807) is 41.5 Å². The first-order chi connectivity index (χ1) is 15.1. The number of carbonyl (C=O) groups excluding carboxylic acids is 2. The Labute approximate surface area is 178 Å². The van der Waals surface area contributed by atoms with Crippen LogP contribution >= 0.6 is 0 Å². The number of ether oxygens (including phenoxy) is 2. The summed E-state index contributed by atoms with van der Waals surface area (Å²) in [7, 11) is 1.28. The van der Waals surface area contributed by atoms with Crippen LogP contribution in [-0.4, -0.2) is 58.3 Å². The second-order valence-corrected chi connectivity index (χ2v) is 7.12. The zero-order chi connectivity index (χ0) is 21.6. The third-order valence-corrected chi connectivity index (χ3v) is 4.91. The summed E-state index contributed by atoms with van der Waals surface area (Å²) in [6.07, 6.45) is 4.98. The number of esters is 1. The highest BCUT2D eigenvalue weighted by molar-refractivity contribution is 5.89. The van der Waals surface area contributed by atoms with Crippen LogP contribution in [0.4, 0.5) is 10.5 Å². The highest BCUT2D eigenvalue weighted by Gasteiger charge is 2.24. The Morgan fingerprint density at radius 3 is 2.97 bits per heavy atom. The van der Waals surface area contributed by atoms with Crippen LogP contribution in [0.25, 0.3) is 5.69 Å². The number of aromatic nitrogens is 3. The second-order valence-electron chi connectivity index (χ2n) is 7.12. The largest absolute Gasteiger partial charge is 0.467 e. The van der Waals surface area contributed by atoms with Gasteiger partial charge in [-0.2, -0.15) is 0 Å². The van der Waals surface area contributed by atoms with Gasteiger partial charge < -0.3 is 24.1 Å². The summed E-state index contributed by atoms with van der Waals surface area (Å²) in [6, 6.07) is 10.4. The summed E-state index contributed by atoms with van der Waals surface area (Å²) in [5.41, 5.74) is 1.31. The lowest BCUT2D eigenvalue weighted by atomic mass is 10.2. The van der Waals surface area contributed by atoms with Gasteiger partial charge in [0.05, 0.1) is 37.9 Å². The summed E-state index contributed by atoms with van der Waals surface area (Å²) in [6.45, 7) is 1.52. The fourth-order valence-electron chi connectivity index (χ4n) is 3.36.